The number of aliphatic hydroxyl groups excluding tert-OH is 1. The van der Waals surface area contributed by atoms with Gasteiger partial charge in [0.2, 0.25) is 0 Å². The monoisotopic (exact) mass is 358 g/mol. The molecule has 25 heavy (non-hydrogen) atoms. The van der Waals surface area contributed by atoms with Crippen molar-refractivity contribution in [3.63, 3.8) is 0 Å². The average Bonchev–Trinajstić information content (AvgIpc) is 2.52. The van der Waals surface area contributed by atoms with E-state index in [1.165, 1.54) is 0 Å². The molecule has 5 heteroatoms. The van der Waals surface area contributed by atoms with Gasteiger partial charge < -0.3 is 19.3 Å². The quantitative estimate of drug-likeness (QED) is 0.633. The highest BCUT2D eigenvalue weighted by molar-refractivity contribution is 5.72. The van der Waals surface area contributed by atoms with Crippen molar-refractivity contribution in [2.45, 2.75) is 105 Å². The van der Waals surface area contributed by atoms with Crippen LogP contribution in [0, 0.1) is 17.8 Å². The summed E-state index contributed by atoms with van der Waals surface area (Å²) in [6.07, 6.45) is 2.55. The highest BCUT2D eigenvalue weighted by Crippen LogP contribution is 2.29. The average molecular weight is 359 g/mol. The van der Waals surface area contributed by atoms with E-state index in [9.17, 15) is 9.90 Å². The van der Waals surface area contributed by atoms with Crippen LogP contribution in [-0.4, -0.2) is 41.8 Å². The summed E-state index contributed by atoms with van der Waals surface area (Å²) < 4.78 is 17.2. The fraction of sp³-hybridized carbons (Fsp3) is 0.950. The maximum Gasteiger partial charge on any atom is 0.309 e. The van der Waals surface area contributed by atoms with Gasteiger partial charge in [-0.15, -0.1) is 0 Å². The summed E-state index contributed by atoms with van der Waals surface area (Å²) in [4.78, 5) is 12.1. The number of hydrogen-bond donors (Lipinski definition) is 1. The van der Waals surface area contributed by atoms with Crippen LogP contribution in [-0.2, 0) is 19.0 Å². The Bertz CT molecular complexity index is 398. The molecule has 1 fully saturated rings. The van der Waals surface area contributed by atoms with Gasteiger partial charge in [-0.1, -0.05) is 27.2 Å². The van der Waals surface area contributed by atoms with Gasteiger partial charge in [0.15, 0.2) is 6.29 Å². The molecule has 1 rings (SSSR count). The zero-order chi connectivity index (χ0) is 19.1. The van der Waals surface area contributed by atoms with Crippen molar-refractivity contribution in [2.24, 2.45) is 17.8 Å². The highest BCUT2D eigenvalue weighted by atomic mass is 16.7. The van der Waals surface area contributed by atoms with E-state index in [-0.39, 0.29) is 42.4 Å². The molecule has 1 aliphatic rings. The predicted molar refractivity (Wildman–Crippen MR) is 98.1 cm³/mol. The highest BCUT2D eigenvalue weighted by Gasteiger charge is 2.34. The van der Waals surface area contributed by atoms with Gasteiger partial charge in [-0.3, -0.25) is 4.79 Å². The van der Waals surface area contributed by atoms with Crippen molar-refractivity contribution in [1.82, 2.24) is 0 Å². The first-order valence-corrected chi connectivity index (χ1v) is 9.85. The van der Waals surface area contributed by atoms with Crippen molar-refractivity contribution in [1.29, 1.82) is 0 Å². The smallest absolute Gasteiger partial charge is 0.309 e. The zero-order valence-corrected chi connectivity index (χ0v) is 17.0. The molecule has 5 nitrogen and oxygen atoms in total. The number of hydrogen-bond acceptors (Lipinski definition) is 5. The third-order valence-corrected chi connectivity index (χ3v) is 5.23. The van der Waals surface area contributed by atoms with E-state index in [2.05, 4.69) is 13.8 Å². The molecule has 0 aliphatic carbocycles. The minimum atomic E-state index is -0.414. The molecule has 0 unspecified atom stereocenters. The number of esters is 1. The molecule has 0 radical (unpaired) electrons. The lowest BCUT2D eigenvalue weighted by Gasteiger charge is -2.37. The van der Waals surface area contributed by atoms with Crippen molar-refractivity contribution in [3.05, 3.63) is 0 Å². The summed E-state index contributed by atoms with van der Waals surface area (Å²) in [6.45, 7) is 13.8. The Morgan fingerprint density at radius 2 is 1.84 bits per heavy atom. The third kappa shape index (κ3) is 7.24. The topological polar surface area (TPSA) is 65.0 Å². The van der Waals surface area contributed by atoms with E-state index in [1.807, 2.05) is 34.6 Å². The predicted octanol–water partition coefficient (Wildman–Crippen LogP) is 3.92. The second-order valence-corrected chi connectivity index (χ2v) is 7.96. The zero-order valence-electron chi connectivity index (χ0n) is 17.0. The van der Waals surface area contributed by atoms with Gasteiger partial charge >= 0.3 is 5.97 Å². The summed E-state index contributed by atoms with van der Waals surface area (Å²) in [6, 6.07) is 0. The van der Waals surface area contributed by atoms with Crippen LogP contribution < -0.4 is 0 Å². The molecule has 1 N–H and O–H groups in total. The molecule has 0 bridgehead atoms. The Morgan fingerprint density at radius 3 is 2.40 bits per heavy atom. The van der Waals surface area contributed by atoms with Crippen LogP contribution in [0.1, 0.15) is 74.1 Å². The van der Waals surface area contributed by atoms with Gasteiger partial charge in [-0.05, 0) is 52.9 Å². The number of ether oxygens (including phenoxy) is 3. The van der Waals surface area contributed by atoms with Crippen LogP contribution in [0.5, 0.6) is 0 Å². The lowest BCUT2D eigenvalue weighted by atomic mass is 9.87. The SMILES string of the molecule is CC[C@H](CC[C@@H](C)O[C@@H]1O[C@@H](C)[C@H](O)C[C@H]1C)[C@H](C)C(=O)OC(C)C. The molecule has 0 aromatic heterocycles. The van der Waals surface area contributed by atoms with Gasteiger partial charge in [0.25, 0.3) is 0 Å². The molecule has 1 aliphatic heterocycles. The molecule has 0 amide bonds. The molecule has 0 saturated carbocycles. The van der Waals surface area contributed by atoms with Crippen molar-refractivity contribution < 1.29 is 24.1 Å². The third-order valence-electron chi connectivity index (χ3n) is 5.23. The van der Waals surface area contributed by atoms with E-state index in [4.69, 9.17) is 14.2 Å². The van der Waals surface area contributed by atoms with Crippen molar-refractivity contribution in [3.8, 4) is 0 Å². The second kappa shape index (κ2) is 10.5. The summed E-state index contributed by atoms with van der Waals surface area (Å²) in [7, 11) is 0. The summed E-state index contributed by atoms with van der Waals surface area (Å²) >= 11 is 0. The molecule has 148 valence electrons. The Morgan fingerprint density at radius 1 is 1.20 bits per heavy atom. The van der Waals surface area contributed by atoms with Crippen LogP contribution in [0.2, 0.25) is 0 Å². The van der Waals surface area contributed by atoms with Crippen LogP contribution in [0.4, 0.5) is 0 Å². The number of rotatable bonds is 9. The largest absolute Gasteiger partial charge is 0.463 e. The molecule has 1 heterocycles. The Kier molecular flexibility index (Phi) is 9.39. The molecule has 7 atom stereocenters. The number of aliphatic hydroxyl groups is 1. The van der Waals surface area contributed by atoms with Crippen molar-refractivity contribution >= 4 is 5.97 Å². The van der Waals surface area contributed by atoms with E-state index in [1.54, 1.807) is 0 Å². The minimum absolute atomic E-state index is 0.0530. The van der Waals surface area contributed by atoms with E-state index in [0.29, 0.717) is 12.3 Å². The molecule has 1 saturated heterocycles. The van der Waals surface area contributed by atoms with Gasteiger partial charge in [0.1, 0.15) is 0 Å². The number of carbonyl (C=O) groups is 1. The van der Waals surface area contributed by atoms with Gasteiger partial charge in [-0.25, -0.2) is 0 Å². The van der Waals surface area contributed by atoms with Crippen molar-refractivity contribution in [2.75, 3.05) is 0 Å². The Balaban J connectivity index is 2.45. The van der Waals surface area contributed by atoms with Gasteiger partial charge in [0.05, 0.1) is 30.3 Å². The first-order chi connectivity index (χ1) is 11.6. The molecule has 0 aromatic carbocycles. The van der Waals surface area contributed by atoms with E-state index >= 15 is 0 Å². The van der Waals surface area contributed by atoms with Crippen LogP contribution in [0.3, 0.4) is 0 Å². The van der Waals surface area contributed by atoms with Gasteiger partial charge in [0, 0.05) is 5.92 Å². The van der Waals surface area contributed by atoms with E-state index < -0.39 is 6.10 Å². The fourth-order valence-electron chi connectivity index (χ4n) is 3.37. The number of carbonyl (C=O) groups excluding carboxylic acids is 1. The first-order valence-electron chi connectivity index (χ1n) is 9.85. The summed E-state index contributed by atoms with van der Waals surface area (Å²) in [5.74, 6) is 0.264. The lowest BCUT2D eigenvalue weighted by Crippen LogP contribution is -2.44. The standard InChI is InChI=1S/C20H38O5/c1-8-17(15(6)19(22)23-12(2)3)10-9-14(5)24-20-13(4)11-18(21)16(7)25-20/h12-18,20-21H,8-11H2,1-7H3/t13-,14-,15+,16+,17-,18-,20-/m1/s1. The van der Waals surface area contributed by atoms with Crippen LogP contribution in [0.25, 0.3) is 0 Å². The second-order valence-electron chi connectivity index (χ2n) is 7.96. The normalized spacial score (nSPS) is 30.8. The summed E-state index contributed by atoms with van der Waals surface area (Å²) in [5.41, 5.74) is 0. The van der Waals surface area contributed by atoms with Crippen LogP contribution in [0.15, 0.2) is 0 Å². The molecular weight excluding hydrogens is 320 g/mol. The van der Waals surface area contributed by atoms with E-state index in [0.717, 1.165) is 19.3 Å². The molecule has 0 spiro atoms. The Labute approximate surface area is 153 Å². The fourth-order valence-corrected chi connectivity index (χ4v) is 3.37. The lowest BCUT2D eigenvalue weighted by molar-refractivity contribution is -0.255. The Hall–Kier alpha value is -0.650. The van der Waals surface area contributed by atoms with Crippen LogP contribution >= 0.6 is 0 Å². The minimum Gasteiger partial charge on any atom is -0.463 e. The molecular formula is C20H38O5. The maximum absolute atomic E-state index is 12.1. The molecule has 0 aromatic rings. The maximum atomic E-state index is 12.1. The van der Waals surface area contributed by atoms with Gasteiger partial charge in [-0.2, -0.15) is 0 Å². The first kappa shape index (κ1) is 22.4. The summed E-state index contributed by atoms with van der Waals surface area (Å²) in [5, 5.41) is 9.86.